The molecule has 3 heteroatoms. The van der Waals surface area contributed by atoms with Crippen molar-refractivity contribution in [2.75, 3.05) is 5.73 Å². The topological polar surface area (TPSA) is 35.2 Å². The monoisotopic (exact) mass is 261 g/mol. The van der Waals surface area contributed by atoms with Gasteiger partial charge in [0.05, 0.1) is 5.02 Å². The van der Waals surface area contributed by atoms with E-state index in [0.717, 1.165) is 5.75 Å². The van der Waals surface area contributed by atoms with E-state index in [9.17, 15) is 0 Å². The zero-order chi connectivity index (χ0) is 13.1. The van der Waals surface area contributed by atoms with Gasteiger partial charge in [0.25, 0.3) is 0 Å². The fraction of sp³-hybridized carbons (Fsp3) is 0.200. The molecule has 0 aromatic heterocycles. The van der Waals surface area contributed by atoms with Crippen molar-refractivity contribution >= 4 is 17.3 Å². The van der Waals surface area contributed by atoms with Gasteiger partial charge in [-0.1, -0.05) is 37.6 Å². The van der Waals surface area contributed by atoms with Gasteiger partial charge in [-0.25, -0.2) is 0 Å². The number of nitrogen functional groups attached to an aromatic ring is 1. The van der Waals surface area contributed by atoms with E-state index in [2.05, 4.69) is 19.9 Å². The minimum atomic E-state index is 0.468. The van der Waals surface area contributed by atoms with E-state index in [-0.39, 0.29) is 0 Å². The summed E-state index contributed by atoms with van der Waals surface area (Å²) in [4.78, 5) is 0. The maximum Gasteiger partial charge on any atom is 0.146 e. The highest BCUT2D eigenvalue weighted by atomic mass is 35.5. The molecule has 2 N–H and O–H groups in total. The summed E-state index contributed by atoms with van der Waals surface area (Å²) in [5.41, 5.74) is 7.51. The first-order valence-electron chi connectivity index (χ1n) is 5.89. The van der Waals surface area contributed by atoms with Gasteiger partial charge in [-0.2, -0.15) is 0 Å². The number of ether oxygens (including phenoxy) is 1. The summed E-state index contributed by atoms with van der Waals surface area (Å²) >= 11 is 6.08. The van der Waals surface area contributed by atoms with Crippen LogP contribution < -0.4 is 10.5 Å². The van der Waals surface area contributed by atoms with Gasteiger partial charge in [-0.05, 0) is 41.8 Å². The molecule has 0 heterocycles. The number of halogens is 1. The third-order valence-electron chi connectivity index (χ3n) is 2.71. The number of benzene rings is 2. The molecule has 0 saturated carbocycles. The average molecular weight is 262 g/mol. The van der Waals surface area contributed by atoms with Crippen LogP contribution in [0.4, 0.5) is 5.69 Å². The molecule has 2 aromatic carbocycles. The van der Waals surface area contributed by atoms with Crippen molar-refractivity contribution in [1.82, 2.24) is 0 Å². The van der Waals surface area contributed by atoms with Crippen molar-refractivity contribution in [2.24, 2.45) is 0 Å². The van der Waals surface area contributed by atoms with Crippen molar-refractivity contribution < 1.29 is 4.74 Å². The van der Waals surface area contributed by atoms with Crippen LogP contribution in [-0.4, -0.2) is 0 Å². The first-order chi connectivity index (χ1) is 8.56. The number of anilines is 1. The third-order valence-corrected chi connectivity index (χ3v) is 3.00. The minimum absolute atomic E-state index is 0.468. The predicted molar refractivity (Wildman–Crippen MR) is 76.5 cm³/mol. The molecule has 2 rings (SSSR count). The van der Waals surface area contributed by atoms with E-state index < -0.39 is 0 Å². The highest BCUT2D eigenvalue weighted by molar-refractivity contribution is 6.32. The first-order valence-corrected chi connectivity index (χ1v) is 6.27. The van der Waals surface area contributed by atoms with Gasteiger partial charge in [0.1, 0.15) is 11.5 Å². The largest absolute Gasteiger partial charge is 0.456 e. The molecule has 0 atom stereocenters. The van der Waals surface area contributed by atoms with Gasteiger partial charge in [0.15, 0.2) is 0 Å². The van der Waals surface area contributed by atoms with Crippen LogP contribution in [0.5, 0.6) is 11.5 Å². The van der Waals surface area contributed by atoms with E-state index in [1.54, 1.807) is 18.2 Å². The highest BCUT2D eigenvalue weighted by Gasteiger charge is 2.05. The lowest BCUT2D eigenvalue weighted by Gasteiger charge is -2.11. The molecule has 0 aliphatic heterocycles. The fourth-order valence-corrected chi connectivity index (χ4v) is 1.89. The molecular formula is C15H16ClNO. The van der Waals surface area contributed by atoms with Gasteiger partial charge in [0, 0.05) is 5.69 Å². The van der Waals surface area contributed by atoms with Gasteiger partial charge >= 0.3 is 0 Å². The zero-order valence-corrected chi connectivity index (χ0v) is 11.2. The predicted octanol–water partition coefficient (Wildman–Crippen LogP) is 4.84. The van der Waals surface area contributed by atoms with Crippen LogP contribution in [0, 0.1) is 0 Å². The Kier molecular flexibility index (Phi) is 3.78. The first kappa shape index (κ1) is 12.8. The van der Waals surface area contributed by atoms with Crippen molar-refractivity contribution in [3.05, 3.63) is 53.1 Å². The van der Waals surface area contributed by atoms with E-state index >= 15 is 0 Å². The Morgan fingerprint density at radius 1 is 1.11 bits per heavy atom. The van der Waals surface area contributed by atoms with Crippen LogP contribution in [0.25, 0.3) is 0 Å². The summed E-state index contributed by atoms with van der Waals surface area (Å²) in [6.45, 7) is 4.30. The van der Waals surface area contributed by atoms with E-state index in [0.29, 0.717) is 22.4 Å². The minimum Gasteiger partial charge on any atom is -0.456 e. The lowest BCUT2D eigenvalue weighted by Crippen LogP contribution is -1.91. The Balaban J connectivity index is 2.25. The van der Waals surface area contributed by atoms with Crippen molar-refractivity contribution in [3.8, 4) is 11.5 Å². The fourth-order valence-electron chi connectivity index (χ4n) is 1.66. The van der Waals surface area contributed by atoms with Crippen LogP contribution in [0.15, 0.2) is 42.5 Å². The number of nitrogens with two attached hydrogens (primary N) is 1. The van der Waals surface area contributed by atoms with Crippen molar-refractivity contribution in [3.63, 3.8) is 0 Å². The second kappa shape index (κ2) is 5.32. The van der Waals surface area contributed by atoms with Crippen LogP contribution in [-0.2, 0) is 0 Å². The highest BCUT2D eigenvalue weighted by Crippen LogP contribution is 2.31. The Morgan fingerprint density at radius 3 is 2.56 bits per heavy atom. The molecule has 0 unspecified atom stereocenters. The Labute approximate surface area is 112 Å². The number of rotatable bonds is 3. The van der Waals surface area contributed by atoms with Crippen LogP contribution in [0.1, 0.15) is 25.3 Å². The molecule has 0 bridgehead atoms. The second-order valence-corrected chi connectivity index (χ2v) is 4.93. The molecule has 0 aliphatic carbocycles. The normalized spacial score (nSPS) is 10.7. The van der Waals surface area contributed by atoms with Crippen molar-refractivity contribution in [2.45, 2.75) is 19.8 Å². The molecule has 0 radical (unpaired) electrons. The van der Waals surface area contributed by atoms with Gasteiger partial charge in [-0.3, -0.25) is 0 Å². The molecule has 2 nitrogen and oxygen atoms in total. The zero-order valence-electron chi connectivity index (χ0n) is 10.5. The molecule has 2 aromatic rings. The maximum atomic E-state index is 6.08. The van der Waals surface area contributed by atoms with Crippen LogP contribution in [0.2, 0.25) is 5.02 Å². The molecular weight excluding hydrogens is 246 g/mol. The average Bonchev–Trinajstić information content (AvgIpc) is 2.33. The molecule has 0 aliphatic rings. The molecule has 94 valence electrons. The second-order valence-electron chi connectivity index (χ2n) is 4.52. The van der Waals surface area contributed by atoms with E-state index in [4.69, 9.17) is 22.1 Å². The standard InChI is InChI=1S/C15H16ClNO/c1-10(2)11-4-3-5-13(8-11)18-15-7-6-12(17)9-14(15)16/h3-10H,17H2,1-2H3. The Hall–Kier alpha value is -1.67. The molecule has 0 fully saturated rings. The lowest BCUT2D eigenvalue weighted by atomic mass is 10.0. The maximum absolute atomic E-state index is 6.08. The van der Waals surface area contributed by atoms with E-state index in [1.807, 2.05) is 18.2 Å². The van der Waals surface area contributed by atoms with Crippen molar-refractivity contribution in [1.29, 1.82) is 0 Å². The SMILES string of the molecule is CC(C)c1cccc(Oc2ccc(N)cc2Cl)c1. The molecule has 0 amide bonds. The third kappa shape index (κ3) is 2.96. The molecule has 18 heavy (non-hydrogen) atoms. The summed E-state index contributed by atoms with van der Waals surface area (Å²) in [5.74, 6) is 1.87. The number of hydrogen-bond acceptors (Lipinski definition) is 2. The Morgan fingerprint density at radius 2 is 1.89 bits per heavy atom. The van der Waals surface area contributed by atoms with Gasteiger partial charge in [0.2, 0.25) is 0 Å². The van der Waals surface area contributed by atoms with Gasteiger partial charge in [-0.15, -0.1) is 0 Å². The van der Waals surface area contributed by atoms with Gasteiger partial charge < -0.3 is 10.5 Å². The summed E-state index contributed by atoms with van der Waals surface area (Å²) in [6, 6.07) is 13.2. The summed E-state index contributed by atoms with van der Waals surface area (Å²) in [6.07, 6.45) is 0. The summed E-state index contributed by atoms with van der Waals surface area (Å²) in [7, 11) is 0. The Bertz CT molecular complexity index is 552. The molecule has 0 spiro atoms. The van der Waals surface area contributed by atoms with Crippen LogP contribution >= 0.6 is 11.6 Å². The summed E-state index contributed by atoms with van der Waals surface area (Å²) in [5, 5.41) is 0.518. The van der Waals surface area contributed by atoms with Crippen LogP contribution in [0.3, 0.4) is 0 Å². The van der Waals surface area contributed by atoms with E-state index in [1.165, 1.54) is 5.56 Å². The number of hydrogen-bond donors (Lipinski definition) is 1. The molecule has 0 saturated heterocycles. The summed E-state index contributed by atoms with van der Waals surface area (Å²) < 4.78 is 5.77. The quantitative estimate of drug-likeness (QED) is 0.803. The lowest BCUT2D eigenvalue weighted by molar-refractivity contribution is 0.482. The smallest absolute Gasteiger partial charge is 0.146 e.